The molecule has 3 atom stereocenters. The number of rotatable bonds is 2. The van der Waals surface area contributed by atoms with Gasteiger partial charge < -0.3 is 5.11 Å². The summed E-state index contributed by atoms with van der Waals surface area (Å²) in [5.74, 6) is -0.732. The average molecular weight is 248 g/mol. The maximum atomic E-state index is 10.6. The van der Waals surface area contributed by atoms with Gasteiger partial charge in [-0.15, -0.1) is 0 Å². The Kier molecular flexibility index (Phi) is 1.96. The third-order valence-corrected chi connectivity index (χ3v) is 5.02. The number of halogens is 1. The van der Waals surface area contributed by atoms with Gasteiger partial charge in [0.15, 0.2) is 10.6 Å². The van der Waals surface area contributed by atoms with Crippen LogP contribution in [0.2, 0.25) is 0 Å². The highest BCUT2D eigenvalue weighted by Gasteiger charge is 2.51. The molecule has 1 aromatic rings. The van der Waals surface area contributed by atoms with Crippen molar-refractivity contribution >= 4 is 32.4 Å². The fourth-order valence-corrected chi connectivity index (χ4v) is 4.25. The number of carbonyl (C=O) groups is 1. The van der Waals surface area contributed by atoms with Gasteiger partial charge in [-0.25, -0.2) is 0 Å². The van der Waals surface area contributed by atoms with Crippen LogP contribution in [0.1, 0.15) is 11.7 Å². The van der Waals surface area contributed by atoms with Crippen LogP contribution in [0.3, 0.4) is 0 Å². The Bertz CT molecular complexity index is 321. The van der Waals surface area contributed by atoms with Crippen molar-refractivity contribution < 1.29 is 9.90 Å². The average Bonchev–Trinajstić information content (AvgIpc) is 2.70. The molecule has 0 saturated heterocycles. The van der Waals surface area contributed by atoms with Crippen molar-refractivity contribution in [3.05, 3.63) is 21.3 Å². The normalized spacial score (nSPS) is 28.6. The molecule has 1 N–H and O–H groups in total. The zero-order chi connectivity index (χ0) is 8.72. The van der Waals surface area contributed by atoms with E-state index in [4.69, 9.17) is 5.11 Å². The van der Waals surface area contributed by atoms with E-state index in [2.05, 4.69) is 26.7 Å². The first-order valence-electron chi connectivity index (χ1n) is 3.67. The zero-order valence-electron chi connectivity index (χ0n) is 6.24. The van der Waals surface area contributed by atoms with E-state index in [-0.39, 0.29) is 16.4 Å². The topological polar surface area (TPSA) is 37.3 Å². The highest BCUT2D eigenvalue weighted by Crippen LogP contribution is 2.55. The van der Waals surface area contributed by atoms with Crippen molar-refractivity contribution in [2.24, 2.45) is 5.92 Å². The molecule has 1 saturated carbocycles. The smallest absolute Gasteiger partial charge is 0.312 e. The largest absolute Gasteiger partial charge is 0.481 e. The molecule has 1 aliphatic rings. The Morgan fingerprint density at radius 3 is 2.92 bits per heavy atom. The summed E-state index contributed by atoms with van der Waals surface area (Å²) in [6.07, 6.45) is 0.847. The summed E-state index contributed by atoms with van der Waals surface area (Å²) < 4.78 is 1.09. The first kappa shape index (κ1) is 8.26. The molecule has 2 rings (SSSR count). The van der Waals surface area contributed by atoms with Gasteiger partial charge in [0.05, 0.1) is 4.47 Å². The fraction of sp³-hybridized carbons (Fsp3) is 0.375. The Balaban J connectivity index is 2.10. The minimum Gasteiger partial charge on any atom is -0.481 e. The van der Waals surface area contributed by atoms with Crippen LogP contribution >= 0.6 is 26.4 Å². The lowest BCUT2D eigenvalue weighted by Crippen LogP contribution is -1.96. The first-order chi connectivity index (χ1) is 5.68. The molecular formula is C8H8BrO2S+. The minimum atomic E-state index is -0.641. The summed E-state index contributed by atoms with van der Waals surface area (Å²) in [4.78, 5) is 10.6. The number of carboxylic acid groups (broad SMARTS) is 1. The van der Waals surface area contributed by atoms with Gasteiger partial charge >= 0.3 is 5.97 Å². The van der Waals surface area contributed by atoms with Crippen LogP contribution in [0.15, 0.2) is 21.3 Å². The van der Waals surface area contributed by atoms with E-state index in [1.807, 2.05) is 6.07 Å². The van der Waals surface area contributed by atoms with E-state index in [0.717, 1.165) is 10.9 Å². The summed E-state index contributed by atoms with van der Waals surface area (Å²) in [5, 5.41) is 13.3. The van der Waals surface area contributed by atoms with Crippen LogP contribution in [-0.4, -0.2) is 11.1 Å². The van der Waals surface area contributed by atoms with E-state index in [9.17, 15) is 4.79 Å². The molecule has 1 aliphatic carbocycles. The Morgan fingerprint density at radius 2 is 2.50 bits per heavy atom. The third-order valence-electron chi connectivity index (χ3n) is 2.03. The molecule has 1 heterocycles. The molecule has 4 heteroatoms. The van der Waals surface area contributed by atoms with Crippen LogP contribution in [0.5, 0.6) is 0 Å². The summed E-state index contributed by atoms with van der Waals surface area (Å²) in [7, 11) is 0.0811. The quantitative estimate of drug-likeness (QED) is 0.817. The summed E-state index contributed by atoms with van der Waals surface area (Å²) >= 11 is 3.37. The predicted molar refractivity (Wildman–Crippen MR) is 51.4 cm³/mol. The van der Waals surface area contributed by atoms with Gasteiger partial charge in [0.2, 0.25) is 0 Å². The van der Waals surface area contributed by atoms with Gasteiger partial charge in [-0.1, -0.05) is 0 Å². The SMILES string of the molecule is O=C(O)[C@@H]1C[C@H]1[s+]1ccc(Br)c1. The van der Waals surface area contributed by atoms with E-state index in [1.54, 1.807) is 0 Å². The molecule has 2 nitrogen and oxygen atoms in total. The number of hydrogen-bond acceptors (Lipinski definition) is 1. The molecule has 0 aromatic carbocycles. The van der Waals surface area contributed by atoms with Gasteiger partial charge in [0.25, 0.3) is 0 Å². The van der Waals surface area contributed by atoms with Crippen LogP contribution in [0.4, 0.5) is 0 Å². The van der Waals surface area contributed by atoms with Crippen molar-refractivity contribution in [1.29, 1.82) is 0 Å². The molecule has 0 radical (unpaired) electrons. The van der Waals surface area contributed by atoms with Crippen molar-refractivity contribution in [2.75, 3.05) is 0 Å². The standard InChI is InChI=1S/C8H7BrO2S/c9-5-1-2-12(4-5)7-3-6(7)8(10)11/h1-2,4,6-7H,3H2/p+1/t6-,7-,12?/m1/s1. The lowest BCUT2D eigenvalue weighted by Gasteiger charge is -1.82. The highest BCUT2D eigenvalue weighted by atomic mass is 79.9. The van der Waals surface area contributed by atoms with Gasteiger partial charge in [-0.3, -0.25) is 4.79 Å². The second kappa shape index (κ2) is 2.85. The lowest BCUT2D eigenvalue weighted by molar-refractivity contribution is -0.138. The number of thiophene rings is 1. The van der Waals surface area contributed by atoms with Gasteiger partial charge in [0.1, 0.15) is 11.3 Å². The maximum absolute atomic E-state index is 10.6. The van der Waals surface area contributed by atoms with E-state index in [0.29, 0.717) is 5.25 Å². The summed E-state index contributed by atoms with van der Waals surface area (Å²) in [5.41, 5.74) is 0. The van der Waals surface area contributed by atoms with Crippen molar-refractivity contribution in [1.82, 2.24) is 0 Å². The number of carboxylic acids is 1. The van der Waals surface area contributed by atoms with E-state index >= 15 is 0 Å². The van der Waals surface area contributed by atoms with Crippen molar-refractivity contribution in [2.45, 2.75) is 11.7 Å². The van der Waals surface area contributed by atoms with Crippen molar-refractivity contribution in [3.8, 4) is 0 Å². The Labute approximate surface area is 81.3 Å². The van der Waals surface area contributed by atoms with Crippen LogP contribution in [0.25, 0.3) is 0 Å². The summed E-state index contributed by atoms with van der Waals surface area (Å²) in [6, 6.07) is 2.00. The van der Waals surface area contributed by atoms with E-state index < -0.39 is 5.97 Å². The summed E-state index contributed by atoms with van der Waals surface area (Å²) in [6.45, 7) is 0. The van der Waals surface area contributed by atoms with Crippen LogP contribution < -0.4 is 0 Å². The molecule has 1 unspecified atom stereocenters. The Morgan fingerprint density at radius 1 is 1.75 bits per heavy atom. The van der Waals surface area contributed by atoms with Gasteiger partial charge in [0, 0.05) is 12.5 Å². The minimum absolute atomic E-state index is 0.0811. The molecule has 0 aliphatic heterocycles. The van der Waals surface area contributed by atoms with Gasteiger partial charge in [-0.2, -0.15) is 0 Å². The van der Waals surface area contributed by atoms with E-state index in [1.165, 1.54) is 0 Å². The predicted octanol–water partition coefficient (Wildman–Crippen LogP) is 2.84. The number of aliphatic carboxylic acids is 1. The highest BCUT2D eigenvalue weighted by molar-refractivity contribution is 9.10. The first-order valence-corrected chi connectivity index (χ1v) is 5.88. The van der Waals surface area contributed by atoms with Crippen LogP contribution in [-0.2, 0) is 4.79 Å². The van der Waals surface area contributed by atoms with Gasteiger partial charge in [-0.05, 0) is 26.4 Å². The van der Waals surface area contributed by atoms with Crippen molar-refractivity contribution in [3.63, 3.8) is 0 Å². The molecule has 12 heavy (non-hydrogen) atoms. The second-order valence-corrected chi connectivity index (χ2v) is 5.78. The fourth-order valence-electron chi connectivity index (χ4n) is 1.27. The molecule has 0 amide bonds. The molecule has 64 valence electrons. The maximum Gasteiger partial charge on any atom is 0.312 e. The molecule has 1 fully saturated rings. The molecule has 0 spiro atoms. The van der Waals surface area contributed by atoms with Crippen LogP contribution in [0, 0.1) is 5.92 Å². The lowest BCUT2D eigenvalue weighted by atomic mass is 10.4. The molecular weight excluding hydrogens is 240 g/mol. The number of hydrogen-bond donors (Lipinski definition) is 1. The molecule has 1 aromatic heterocycles. The Hall–Kier alpha value is -0.350. The molecule has 0 bridgehead atoms. The second-order valence-electron chi connectivity index (χ2n) is 2.93. The monoisotopic (exact) mass is 247 g/mol. The third kappa shape index (κ3) is 1.41. The zero-order valence-corrected chi connectivity index (χ0v) is 8.64.